The second-order valence-electron chi connectivity index (χ2n) is 5.59. The van der Waals surface area contributed by atoms with E-state index in [1.807, 2.05) is 0 Å². The summed E-state index contributed by atoms with van der Waals surface area (Å²) in [4.78, 5) is 0. The van der Waals surface area contributed by atoms with E-state index < -0.39 is 0 Å². The van der Waals surface area contributed by atoms with Gasteiger partial charge in [0, 0.05) is 12.6 Å². The first-order valence-electron chi connectivity index (χ1n) is 7.08. The molecule has 0 spiro atoms. The average molecular weight is 227 g/mol. The Morgan fingerprint density at radius 2 is 1.81 bits per heavy atom. The van der Waals surface area contributed by atoms with Crippen molar-refractivity contribution in [3.05, 3.63) is 0 Å². The maximum absolute atomic E-state index is 8.67. The van der Waals surface area contributed by atoms with Gasteiger partial charge in [-0.25, -0.2) is 0 Å². The van der Waals surface area contributed by atoms with E-state index in [4.69, 9.17) is 5.11 Å². The molecule has 3 atom stereocenters. The van der Waals surface area contributed by atoms with E-state index in [0.29, 0.717) is 6.61 Å². The molecule has 1 fully saturated rings. The van der Waals surface area contributed by atoms with Gasteiger partial charge in [0.1, 0.15) is 0 Å². The molecular formula is C14H29NO. The summed E-state index contributed by atoms with van der Waals surface area (Å²) in [5.74, 6) is 1.76. The van der Waals surface area contributed by atoms with Crippen LogP contribution < -0.4 is 5.32 Å². The Morgan fingerprint density at radius 1 is 1.06 bits per heavy atom. The Hall–Kier alpha value is -0.0800. The highest BCUT2D eigenvalue weighted by Gasteiger charge is 2.24. The van der Waals surface area contributed by atoms with Gasteiger partial charge in [-0.15, -0.1) is 0 Å². The lowest BCUT2D eigenvalue weighted by molar-refractivity contribution is 0.227. The first-order valence-corrected chi connectivity index (χ1v) is 7.08. The van der Waals surface area contributed by atoms with E-state index in [2.05, 4.69) is 19.2 Å². The number of hydrogen-bond donors (Lipinski definition) is 2. The minimum Gasteiger partial charge on any atom is -0.396 e. The summed E-state index contributed by atoms with van der Waals surface area (Å²) in [5, 5.41) is 12.4. The number of nitrogens with one attached hydrogen (secondary N) is 1. The highest BCUT2D eigenvalue weighted by Crippen LogP contribution is 2.28. The van der Waals surface area contributed by atoms with Crippen molar-refractivity contribution in [2.45, 2.75) is 64.8 Å². The lowest BCUT2D eigenvalue weighted by Gasteiger charge is -2.33. The number of aliphatic hydroxyl groups excluding tert-OH is 1. The Bertz CT molecular complexity index is 172. The molecule has 0 heterocycles. The zero-order valence-corrected chi connectivity index (χ0v) is 11.0. The molecule has 0 bridgehead atoms. The molecular weight excluding hydrogens is 198 g/mol. The van der Waals surface area contributed by atoms with Gasteiger partial charge in [-0.05, 0) is 44.1 Å². The van der Waals surface area contributed by atoms with Crippen LogP contribution in [0.1, 0.15) is 58.8 Å². The predicted molar refractivity (Wildman–Crippen MR) is 69.5 cm³/mol. The first kappa shape index (κ1) is 14.0. The van der Waals surface area contributed by atoms with E-state index in [1.54, 1.807) is 0 Å². The number of rotatable bonds is 7. The van der Waals surface area contributed by atoms with Crippen molar-refractivity contribution in [1.82, 2.24) is 5.32 Å². The molecule has 1 aliphatic rings. The third kappa shape index (κ3) is 5.31. The molecule has 96 valence electrons. The van der Waals surface area contributed by atoms with Crippen LogP contribution in [0.3, 0.4) is 0 Å². The van der Waals surface area contributed by atoms with Gasteiger partial charge in [0.15, 0.2) is 0 Å². The van der Waals surface area contributed by atoms with Gasteiger partial charge in [0.2, 0.25) is 0 Å². The van der Waals surface area contributed by atoms with Crippen LogP contribution in [0.2, 0.25) is 0 Å². The molecule has 1 rings (SSSR count). The van der Waals surface area contributed by atoms with E-state index in [0.717, 1.165) is 30.8 Å². The quantitative estimate of drug-likeness (QED) is 0.655. The molecule has 0 aromatic rings. The minimum absolute atomic E-state index is 0.352. The molecule has 0 aliphatic heterocycles. The van der Waals surface area contributed by atoms with E-state index in [-0.39, 0.29) is 0 Å². The SMILES string of the molecule is CC1CCC(C)C(NCCCCCCO)C1. The van der Waals surface area contributed by atoms with Crippen LogP contribution in [-0.2, 0) is 0 Å². The van der Waals surface area contributed by atoms with Gasteiger partial charge < -0.3 is 10.4 Å². The lowest BCUT2D eigenvalue weighted by Crippen LogP contribution is -2.39. The van der Waals surface area contributed by atoms with Crippen molar-refractivity contribution in [3.63, 3.8) is 0 Å². The molecule has 0 saturated heterocycles. The van der Waals surface area contributed by atoms with Crippen LogP contribution in [0.4, 0.5) is 0 Å². The fourth-order valence-electron chi connectivity index (χ4n) is 2.69. The van der Waals surface area contributed by atoms with Crippen LogP contribution in [-0.4, -0.2) is 24.3 Å². The second kappa shape index (κ2) is 8.08. The van der Waals surface area contributed by atoms with E-state index >= 15 is 0 Å². The standard InChI is InChI=1S/C14H29NO/c1-12-7-8-13(2)14(11-12)15-9-5-3-4-6-10-16/h12-16H,3-11H2,1-2H3. The number of unbranched alkanes of at least 4 members (excludes halogenated alkanes) is 3. The Kier molecular flexibility index (Phi) is 7.06. The van der Waals surface area contributed by atoms with Crippen molar-refractivity contribution < 1.29 is 5.11 Å². The van der Waals surface area contributed by atoms with Crippen LogP contribution in [0, 0.1) is 11.8 Å². The largest absolute Gasteiger partial charge is 0.396 e. The first-order chi connectivity index (χ1) is 7.74. The molecule has 0 radical (unpaired) electrons. The summed E-state index contributed by atoms with van der Waals surface area (Å²) >= 11 is 0. The van der Waals surface area contributed by atoms with Gasteiger partial charge in [-0.2, -0.15) is 0 Å². The molecule has 0 aromatic carbocycles. The van der Waals surface area contributed by atoms with Gasteiger partial charge in [0.25, 0.3) is 0 Å². The van der Waals surface area contributed by atoms with Crippen LogP contribution in [0.5, 0.6) is 0 Å². The molecule has 16 heavy (non-hydrogen) atoms. The maximum Gasteiger partial charge on any atom is 0.0431 e. The molecule has 0 aromatic heterocycles. The predicted octanol–water partition coefficient (Wildman–Crippen LogP) is 2.95. The molecule has 0 amide bonds. The monoisotopic (exact) mass is 227 g/mol. The fourth-order valence-corrected chi connectivity index (χ4v) is 2.69. The van der Waals surface area contributed by atoms with Gasteiger partial charge in [-0.3, -0.25) is 0 Å². The lowest BCUT2D eigenvalue weighted by atomic mass is 9.80. The summed E-state index contributed by atoms with van der Waals surface area (Å²) in [7, 11) is 0. The topological polar surface area (TPSA) is 32.3 Å². The molecule has 2 N–H and O–H groups in total. The molecule has 2 nitrogen and oxygen atoms in total. The summed E-state index contributed by atoms with van der Waals surface area (Å²) in [6, 6.07) is 0.751. The van der Waals surface area contributed by atoms with Crippen LogP contribution >= 0.6 is 0 Å². The maximum atomic E-state index is 8.67. The van der Waals surface area contributed by atoms with E-state index in [1.165, 1.54) is 38.5 Å². The second-order valence-corrected chi connectivity index (χ2v) is 5.59. The smallest absolute Gasteiger partial charge is 0.0431 e. The zero-order valence-electron chi connectivity index (χ0n) is 11.0. The Labute approximate surface area is 101 Å². The molecule has 1 aliphatic carbocycles. The highest BCUT2D eigenvalue weighted by molar-refractivity contribution is 4.81. The van der Waals surface area contributed by atoms with E-state index in [9.17, 15) is 0 Å². The Morgan fingerprint density at radius 3 is 2.56 bits per heavy atom. The zero-order chi connectivity index (χ0) is 11.8. The fraction of sp³-hybridized carbons (Fsp3) is 1.00. The van der Waals surface area contributed by atoms with Crippen molar-refractivity contribution >= 4 is 0 Å². The third-order valence-electron chi connectivity index (χ3n) is 3.95. The average Bonchev–Trinajstić information content (AvgIpc) is 2.28. The van der Waals surface area contributed by atoms with Crippen molar-refractivity contribution in [1.29, 1.82) is 0 Å². The number of aliphatic hydroxyl groups is 1. The van der Waals surface area contributed by atoms with Crippen molar-refractivity contribution in [2.75, 3.05) is 13.2 Å². The van der Waals surface area contributed by atoms with Crippen LogP contribution in [0.25, 0.3) is 0 Å². The highest BCUT2D eigenvalue weighted by atomic mass is 16.2. The summed E-state index contributed by atoms with van der Waals surface area (Å²) in [5.41, 5.74) is 0. The summed E-state index contributed by atoms with van der Waals surface area (Å²) in [6.07, 6.45) is 8.82. The third-order valence-corrected chi connectivity index (χ3v) is 3.95. The van der Waals surface area contributed by atoms with Crippen LogP contribution in [0.15, 0.2) is 0 Å². The number of hydrogen-bond acceptors (Lipinski definition) is 2. The normalized spacial score (nSPS) is 30.6. The van der Waals surface area contributed by atoms with Gasteiger partial charge >= 0.3 is 0 Å². The molecule has 2 heteroatoms. The van der Waals surface area contributed by atoms with Gasteiger partial charge in [0.05, 0.1) is 0 Å². The van der Waals surface area contributed by atoms with Crippen molar-refractivity contribution in [2.24, 2.45) is 11.8 Å². The van der Waals surface area contributed by atoms with Crippen molar-refractivity contribution in [3.8, 4) is 0 Å². The summed E-state index contributed by atoms with van der Waals surface area (Å²) < 4.78 is 0. The van der Waals surface area contributed by atoms with Gasteiger partial charge in [-0.1, -0.05) is 33.1 Å². The summed E-state index contributed by atoms with van der Waals surface area (Å²) in [6.45, 7) is 6.27. The molecule has 1 saturated carbocycles. The molecule has 3 unspecified atom stereocenters. The Balaban J connectivity index is 2.02. The minimum atomic E-state index is 0.352.